The second kappa shape index (κ2) is 7.06. The van der Waals surface area contributed by atoms with E-state index in [4.69, 9.17) is 0 Å². The summed E-state index contributed by atoms with van der Waals surface area (Å²) in [6, 6.07) is 0. The van der Waals surface area contributed by atoms with E-state index in [-0.39, 0.29) is 12.2 Å². The number of aliphatic imine (C=N–C) groups is 1. The SMILES string of the molecule is CN=C(NCCCCC(F)(F)F)N1CCS(=O)(=O)C(C)(C)C1. The Labute approximate surface area is 129 Å². The van der Waals surface area contributed by atoms with Crippen LogP contribution in [0.15, 0.2) is 4.99 Å². The first-order chi connectivity index (χ1) is 9.98. The van der Waals surface area contributed by atoms with Crippen LogP contribution >= 0.6 is 0 Å². The van der Waals surface area contributed by atoms with E-state index in [0.717, 1.165) is 0 Å². The molecular formula is C13H24F3N3O2S. The van der Waals surface area contributed by atoms with E-state index >= 15 is 0 Å². The molecule has 0 unspecified atom stereocenters. The lowest BCUT2D eigenvalue weighted by Gasteiger charge is -2.39. The van der Waals surface area contributed by atoms with Crippen molar-refractivity contribution in [1.29, 1.82) is 0 Å². The molecule has 1 N–H and O–H groups in total. The summed E-state index contributed by atoms with van der Waals surface area (Å²) >= 11 is 0. The number of alkyl halides is 3. The standard InChI is InChI=1S/C13H24F3N3O2S/c1-12(2)10-19(8-9-22(12,20)21)11(17-3)18-7-5-4-6-13(14,15)16/h4-10H2,1-3H3,(H,17,18). The topological polar surface area (TPSA) is 61.8 Å². The lowest BCUT2D eigenvalue weighted by atomic mass is 10.2. The van der Waals surface area contributed by atoms with Gasteiger partial charge in [0.05, 0.1) is 10.5 Å². The number of sulfone groups is 1. The van der Waals surface area contributed by atoms with E-state index in [1.807, 2.05) is 4.90 Å². The van der Waals surface area contributed by atoms with Gasteiger partial charge in [0.2, 0.25) is 0 Å². The lowest BCUT2D eigenvalue weighted by Crippen LogP contribution is -2.57. The molecule has 22 heavy (non-hydrogen) atoms. The molecule has 0 radical (unpaired) electrons. The van der Waals surface area contributed by atoms with Gasteiger partial charge in [0.1, 0.15) is 0 Å². The van der Waals surface area contributed by atoms with Gasteiger partial charge in [-0.1, -0.05) is 0 Å². The van der Waals surface area contributed by atoms with Gasteiger partial charge in [-0.15, -0.1) is 0 Å². The van der Waals surface area contributed by atoms with E-state index in [0.29, 0.717) is 32.0 Å². The monoisotopic (exact) mass is 343 g/mol. The van der Waals surface area contributed by atoms with E-state index in [1.165, 1.54) is 0 Å². The van der Waals surface area contributed by atoms with Crippen molar-refractivity contribution in [2.45, 2.75) is 44.0 Å². The molecule has 0 aromatic carbocycles. The average Bonchev–Trinajstić information content (AvgIpc) is 2.36. The number of hydrogen-bond acceptors (Lipinski definition) is 3. The van der Waals surface area contributed by atoms with Crippen molar-refractivity contribution in [3.05, 3.63) is 0 Å². The minimum Gasteiger partial charge on any atom is -0.356 e. The van der Waals surface area contributed by atoms with Gasteiger partial charge in [0.15, 0.2) is 15.8 Å². The molecule has 0 amide bonds. The highest BCUT2D eigenvalue weighted by Gasteiger charge is 2.40. The van der Waals surface area contributed by atoms with Gasteiger partial charge >= 0.3 is 6.18 Å². The highest BCUT2D eigenvalue weighted by Crippen LogP contribution is 2.24. The molecule has 0 atom stereocenters. The van der Waals surface area contributed by atoms with Crippen molar-refractivity contribution in [1.82, 2.24) is 10.2 Å². The first-order valence-corrected chi connectivity index (χ1v) is 8.88. The highest BCUT2D eigenvalue weighted by atomic mass is 32.2. The highest BCUT2D eigenvalue weighted by molar-refractivity contribution is 7.92. The Morgan fingerprint density at radius 3 is 2.45 bits per heavy atom. The molecule has 0 aliphatic carbocycles. The maximum Gasteiger partial charge on any atom is 0.389 e. The van der Waals surface area contributed by atoms with Crippen LogP contribution in [0.4, 0.5) is 13.2 Å². The Morgan fingerprint density at radius 1 is 1.32 bits per heavy atom. The van der Waals surface area contributed by atoms with Gasteiger partial charge in [-0.05, 0) is 26.7 Å². The number of unbranched alkanes of at least 4 members (excludes halogenated alkanes) is 1. The van der Waals surface area contributed by atoms with E-state index in [2.05, 4.69) is 10.3 Å². The zero-order valence-electron chi connectivity index (χ0n) is 13.2. The van der Waals surface area contributed by atoms with Gasteiger partial charge < -0.3 is 10.2 Å². The third kappa shape index (κ3) is 5.33. The zero-order chi connectivity index (χ0) is 17.0. The Bertz CT molecular complexity index is 501. The summed E-state index contributed by atoms with van der Waals surface area (Å²) in [7, 11) is -1.55. The molecule has 1 saturated heterocycles. The molecule has 1 fully saturated rings. The molecule has 0 aromatic rings. The number of halogens is 3. The Balaban J connectivity index is 2.46. The fraction of sp³-hybridized carbons (Fsp3) is 0.923. The van der Waals surface area contributed by atoms with Gasteiger partial charge in [0, 0.05) is 33.1 Å². The number of hydrogen-bond donors (Lipinski definition) is 1. The molecule has 1 aliphatic heterocycles. The molecule has 130 valence electrons. The average molecular weight is 343 g/mol. The van der Waals surface area contributed by atoms with Crippen molar-refractivity contribution in [3.8, 4) is 0 Å². The Kier molecular flexibility index (Phi) is 6.11. The number of rotatable bonds is 4. The molecule has 0 saturated carbocycles. The van der Waals surface area contributed by atoms with Gasteiger partial charge in [0.25, 0.3) is 0 Å². The van der Waals surface area contributed by atoms with E-state index in [9.17, 15) is 21.6 Å². The molecule has 5 nitrogen and oxygen atoms in total. The van der Waals surface area contributed by atoms with Crippen LogP contribution in [-0.4, -0.2) is 62.6 Å². The largest absolute Gasteiger partial charge is 0.389 e. The Hall–Kier alpha value is -0.990. The van der Waals surface area contributed by atoms with Gasteiger partial charge in [-0.25, -0.2) is 8.42 Å². The Morgan fingerprint density at radius 2 is 1.95 bits per heavy atom. The fourth-order valence-corrected chi connectivity index (χ4v) is 3.67. The molecule has 1 rings (SSSR count). The summed E-state index contributed by atoms with van der Waals surface area (Å²) in [4.78, 5) is 5.92. The van der Waals surface area contributed by atoms with E-state index < -0.39 is 27.2 Å². The summed E-state index contributed by atoms with van der Waals surface area (Å²) in [6.45, 7) is 4.38. The maximum absolute atomic E-state index is 12.0. The summed E-state index contributed by atoms with van der Waals surface area (Å²) < 4.78 is 59.2. The maximum atomic E-state index is 12.0. The van der Waals surface area contributed by atoms with Crippen LogP contribution in [0.25, 0.3) is 0 Å². The van der Waals surface area contributed by atoms with E-state index in [1.54, 1.807) is 20.9 Å². The second-order valence-corrected chi connectivity index (χ2v) is 8.79. The van der Waals surface area contributed by atoms with Gasteiger partial charge in [-0.2, -0.15) is 13.2 Å². The minimum absolute atomic E-state index is 0.0504. The van der Waals surface area contributed by atoms with Crippen LogP contribution in [0.1, 0.15) is 33.1 Å². The number of guanidine groups is 1. The fourth-order valence-electron chi connectivity index (χ4n) is 2.31. The zero-order valence-corrected chi connectivity index (χ0v) is 14.0. The predicted molar refractivity (Wildman–Crippen MR) is 80.7 cm³/mol. The first kappa shape index (κ1) is 19.1. The summed E-state index contributed by atoms with van der Waals surface area (Å²) in [5, 5.41) is 3.00. The van der Waals surface area contributed by atoms with Crippen molar-refractivity contribution < 1.29 is 21.6 Å². The first-order valence-electron chi connectivity index (χ1n) is 7.23. The molecule has 0 bridgehead atoms. The summed E-state index contributed by atoms with van der Waals surface area (Å²) in [5.74, 6) is 0.587. The molecule has 9 heteroatoms. The van der Waals surface area contributed by atoms with Crippen LogP contribution in [0.2, 0.25) is 0 Å². The third-order valence-corrected chi connectivity index (χ3v) is 6.26. The molecular weight excluding hydrogens is 319 g/mol. The molecule has 0 spiro atoms. The van der Waals surface area contributed by atoms with Crippen molar-refractivity contribution >= 4 is 15.8 Å². The number of nitrogens with one attached hydrogen (secondary N) is 1. The quantitative estimate of drug-likeness (QED) is 0.480. The summed E-state index contributed by atoms with van der Waals surface area (Å²) in [6.07, 6.45) is -4.46. The number of nitrogens with zero attached hydrogens (tertiary/aromatic N) is 2. The van der Waals surface area contributed by atoms with Crippen LogP contribution in [-0.2, 0) is 9.84 Å². The smallest absolute Gasteiger partial charge is 0.356 e. The van der Waals surface area contributed by atoms with Gasteiger partial charge in [-0.3, -0.25) is 4.99 Å². The van der Waals surface area contributed by atoms with Crippen molar-refractivity contribution in [2.24, 2.45) is 4.99 Å². The minimum atomic E-state index is -4.12. The molecule has 1 aliphatic rings. The van der Waals surface area contributed by atoms with Crippen LogP contribution in [0, 0.1) is 0 Å². The van der Waals surface area contributed by atoms with Crippen LogP contribution in [0.5, 0.6) is 0 Å². The normalized spacial score (nSPS) is 21.7. The predicted octanol–water partition coefficient (Wildman–Crippen LogP) is 1.80. The summed E-state index contributed by atoms with van der Waals surface area (Å²) in [5.41, 5.74) is 0. The lowest BCUT2D eigenvalue weighted by molar-refractivity contribution is -0.135. The second-order valence-electron chi connectivity index (χ2n) is 6.05. The third-order valence-electron chi connectivity index (χ3n) is 3.72. The van der Waals surface area contributed by atoms with Crippen molar-refractivity contribution in [3.63, 3.8) is 0 Å². The molecule has 1 heterocycles. The van der Waals surface area contributed by atoms with Crippen LogP contribution < -0.4 is 5.32 Å². The molecule has 0 aromatic heterocycles. The van der Waals surface area contributed by atoms with Crippen LogP contribution in [0.3, 0.4) is 0 Å². The van der Waals surface area contributed by atoms with Crippen molar-refractivity contribution in [2.75, 3.05) is 32.4 Å².